The van der Waals surface area contributed by atoms with Crippen LogP contribution in [-0.2, 0) is 17.9 Å². The second-order valence-electron chi connectivity index (χ2n) is 6.32. The van der Waals surface area contributed by atoms with Crippen molar-refractivity contribution in [1.82, 2.24) is 5.32 Å². The maximum Gasteiger partial charge on any atom is 0.265 e. The molecular formula is C21H20N2O2. The minimum atomic E-state index is -0.442. The van der Waals surface area contributed by atoms with E-state index in [0.717, 1.165) is 30.1 Å². The summed E-state index contributed by atoms with van der Waals surface area (Å²) in [5.41, 5.74) is 3.13. The fourth-order valence-corrected chi connectivity index (χ4v) is 3.15. The minimum absolute atomic E-state index is 0.103. The van der Waals surface area contributed by atoms with Crippen molar-refractivity contribution in [3.8, 4) is 5.75 Å². The lowest BCUT2D eigenvalue weighted by atomic mass is 10.0. The van der Waals surface area contributed by atoms with E-state index in [9.17, 15) is 4.79 Å². The third-order valence-electron chi connectivity index (χ3n) is 4.50. The lowest BCUT2D eigenvalue weighted by Gasteiger charge is -2.23. The largest absolute Gasteiger partial charge is 0.479 e. The fourth-order valence-electron chi connectivity index (χ4n) is 3.15. The van der Waals surface area contributed by atoms with E-state index in [0.29, 0.717) is 0 Å². The fraction of sp³-hybridized carbons (Fsp3) is 0.190. The molecule has 3 aromatic carbocycles. The first-order valence-electron chi connectivity index (χ1n) is 8.48. The van der Waals surface area contributed by atoms with Gasteiger partial charge in [0.15, 0.2) is 6.10 Å². The van der Waals surface area contributed by atoms with Crippen LogP contribution < -0.4 is 15.4 Å². The monoisotopic (exact) mass is 332 g/mol. The Hall–Kier alpha value is -2.85. The first kappa shape index (κ1) is 15.7. The van der Waals surface area contributed by atoms with Gasteiger partial charge in [0.25, 0.3) is 5.91 Å². The molecule has 1 aliphatic rings. The van der Waals surface area contributed by atoms with Gasteiger partial charge in [-0.2, -0.15) is 0 Å². The Morgan fingerprint density at radius 2 is 1.88 bits per heavy atom. The quantitative estimate of drug-likeness (QED) is 0.763. The average molecular weight is 332 g/mol. The molecule has 1 atom stereocenters. The van der Waals surface area contributed by atoms with E-state index in [4.69, 9.17) is 4.74 Å². The first-order chi connectivity index (χ1) is 12.2. The molecule has 1 amide bonds. The molecule has 4 nitrogen and oxygen atoms in total. The van der Waals surface area contributed by atoms with Gasteiger partial charge in [0.1, 0.15) is 5.75 Å². The molecule has 3 aromatic rings. The van der Waals surface area contributed by atoms with Crippen LogP contribution in [0.1, 0.15) is 18.1 Å². The van der Waals surface area contributed by atoms with Gasteiger partial charge in [0.05, 0.1) is 5.69 Å². The number of carbonyl (C=O) groups is 1. The molecule has 126 valence electrons. The summed E-state index contributed by atoms with van der Waals surface area (Å²) in [5.74, 6) is 0.623. The van der Waals surface area contributed by atoms with Crippen LogP contribution >= 0.6 is 0 Å². The van der Waals surface area contributed by atoms with E-state index in [1.807, 2.05) is 18.2 Å². The number of hydrogen-bond acceptors (Lipinski definition) is 3. The highest BCUT2D eigenvalue weighted by Gasteiger charge is 2.23. The number of nitrogens with one attached hydrogen (secondary N) is 2. The smallest absolute Gasteiger partial charge is 0.265 e. The van der Waals surface area contributed by atoms with Crippen LogP contribution in [0.3, 0.4) is 0 Å². The van der Waals surface area contributed by atoms with Crippen molar-refractivity contribution in [3.05, 3.63) is 71.8 Å². The molecule has 4 heteroatoms. The minimum Gasteiger partial charge on any atom is -0.479 e. The zero-order chi connectivity index (χ0) is 17.2. The van der Waals surface area contributed by atoms with Gasteiger partial charge in [0.2, 0.25) is 0 Å². The van der Waals surface area contributed by atoms with E-state index >= 15 is 0 Å². The molecule has 0 saturated carbocycles. The van der Waals surface area contributed by atoms with Crippen molar-refractivity contribution < 1.29 is 9.53 Å². The Morgan fingerprint density at radius 3 is 2.80 bits per heavy atom. The molecular weight excluding hydrogens is 312 g/mol. The van der Waals surface area contributed by atoms with Gasteiger partial charge >= 0.3 is 0 Å². The molecule has 25 heavy (non-hydrogen) atoms. The molecule has 0 aliphatic carbocycles. The molecule has 4 rings (SSSR count). The van der Waals surface area contributed by atoms with Crippen molar-refractivity contribution in [2.24, 2.45) is 0 Å². The number of benzene rings is 3. The summed E-state index contributed by atoms with van der Waals surface area (Å²) in [6.07, 6.45) is -0.442. The number of anilines is 1. The van der Waals surface area contributed by atoms with E-state index in [1.165, 1.54) is 16.3 Å². The third-order valence-corrected chi connectivity index (χ3v) is 4.50. The molecule has 0 saturated heterocycles. The number of carbonyl (C=O) groups excluding carboxylic acids is 1. The van der Waals surface area contributed by atoms with Crippen LogP contribution in [-0.4, -0.2) is 12.0 Å². The van der Waals surface area contributed by atoms with Crippen LogP contribution in [0.4, 0.5) is 5.69 Å². The number of ether oxygens (including phenoxy) is 1. The maximum absolute atomic E-state index is 11.7. The molecule has 1 heterocycles. The van der Waals surface area contributed by atoms with Gasteiger partial charge in [-0.15, -0.1) is 0 Å². The van der Waals surface area contributed by atoms with Crippen LogP contribution in [0.5, 0.6) is 5.75 Å². The van der Waals surface area contributed by atoms with E-state index in [2.05, 4.69) is 53.1 Å². The van der Waals surface area contributed by atoms with Crippen molar-refractivity contribution in [2.45, 2.75) is 26.1 Å². The van der Waals surface area contributed by atoms with Crippen LogP contribution in [0, 0.1) is 0 Å². The van der Waals surface area contributed by atoms with Gasteiger partial charge in [-0.25, -0.2) is 0 Å². The van der Waals surface area contributed by atoms with Gasteiger partial charge in [-0.3, -0.25) is 4.79 Å². The summed E-state index contributed by atoms with van der Waals surface area (Å²) in [7, 11) is 0. The third kappa shape index (κ3) is 3.21. The van der Waals surface area contributed by atoms with E-state index in [-0.39, 0.29) is 5.91 Å². The Balaban J connectivity index is 1.45. The second kappa shape index (κ2) is 6.57. The maximum atomic E-state index is 11.7. The second-order valence-corrected chi connectivity index (χ2v) is 6.32. The number of hydrogen-bond donors (Lipinski definition) is 2. The molecule has 1 aliphatic heterocycles. The van der Waals surface area contributed by atoms with Gasteiger partial charge < -0.3 is 15.4 Å². The average Bonchev–Trinajstić information content (AvgIpc) is 2.63. The van der Waals surface area contributed by atoms with Crippen LogP contribution in [0.2, 0.25) is 0 Å². The highest BCUT2D eigenvalue weighted by Crippen LogP contribution is 2.30. The Kier molecular flexibility index (Phi) is 4.12. The van der Waals surface area contributed by atoms with E-state index < -0.39 is 6.10 Å². The first-order valence-corrected chi connectivity index (χ1v) is 8.48. The normalized spacial score (nSPS) is 16.2. The van der Waals surface area contributed by atoms with E-state index in [1.54, 1.807) is 6.92 Å². The highest BCUT2D eigenvalue weighted by molar-refractivity contribution is 5.97. The zero-order valence-electron chi connectivity index (χ0n) is 14.1. The van der Waals surface area contributed by atoms with Crippen molar-refractivity contribution in [2.75, 3.05) is 5.32 Å². The van der Waals surface area contributed by atoms with Gasteiger partial charge in [0, 0.05) is 13.1 Å². The molecule has 0 aromatic heterocycles. The number of fused-ring (bicyclic) bond motifs is 2. The summed E-state index contributed by atoms with van der Waals surface area (Å²) in [6, 6.07) is 20.7. The van der Waals surface area contributed by atoms with Crippen LogP contribution in [0.25, 0.3) is 10.8 Å². The highest BCUT2D eigenvalue weighted by atomic mass is 16.5. The molecule has 0 bridgehead atoms. The lowest BCUT2D eigenvalue weighted by molar-refractivity contribution is -0.122. The summed E-state index contributed by atoms with van der Waals surface area (Å²) < 4.78 is 5.59. The molecule has 0 spiro atoms. The number of amides is 1. The Labute approximate surface area is 146 Å². The Morgan fingerprint density at radius 1 is 1.04 bits per heavy atom. The molecule has 0 radical (unpaired) electrons. The van der Waals surface area contributed by atoms with Crippen molar-refractivity contribution in [1.29, 1.82) is 0 Å². The SMILES string of the molecule is CC1Oc2ccc(CNCc3cccc4ccccc34)cc2NC1=O. The summed E-state index contributed by atoms with van der Waals surface area (Å²) in [6.45, 7) is 3.26. The molecule has 0 fully saturated rings. The van der Waals surface area contributed by atoms with Crippen molar-refractivity contribution >= 4 is 22.4 Å². The number of rotatable bonds is 4. The Bertz CT molecular complexity index is 931. The predicted molar refractivity (Wildman–Crippen MR) is 99.7 cm³/mol. The van der Waals surface area contributed by atoms with Gasteiger partial charge in [-0.05, 0) is 41.0 Å². The topological polar surface area (TPSA) is 50.4 Å². The summed E-state index contributed by atoms with van der Waals surface area (Å²) >= 11 is 0. The standard InChI is InChI=1S/C21H20N2O2/c1-14-21(24)23-19-11-15(9-10-20(19)25-14)12-22-13-17-7-4-6-16-5-2-3-8-18(16)17/h2-11,14,22H,12-13H2,1H3,(H,23,24). The van der Waals surface area contributed by atoms with Crippen LogP contribution in [0.15, 0.2) is 60.7 Å². The lowest BCUT2D eigenvalue weighted by Crippen LogP contribution is -2.34. The summed E-state index contributed by atoms with van der Waals surface area (Å²) in [4.78, 5) is 11.7. The van der Waals surface area contributed by atoms with Crippen molar-refractivity contribution in [3.63, 3.8) is 0 Å². The zero-order valence-corrected chi connectivity index (χ0v) is 14.1. The molecule has 2 N–H and O–H groups in total. The molecule has 1 unspecified atom stereocenters. The predicted octanol–water partition coefficient (Wildman–Crippen LogP) is 3.85. The summed E-state index contributed by atoms with van der Waals surface area (Å²) in [5, 5.41) is 8.90. The van der Waals surface area contributed by atoms with Gasteiger partial charge in [-0.1, -0.05) is 48.5 Å².